The Morgan fingerprint density at radius 2 is 2.14 bits per heavy atom. The highest BCUT2D eigenvalue weighted by Crippen LogP contribution is 2.11. The lowest BCUT2D eigenvalue weighted by Gasteiger charge is -2.02. The topological polar surface area (TPSA) is 30.2 Å². The SMILES string of the molecule is Cc1cccn2c(CC(C)C)nnc12. The van der Waals surface area contributed by atoms with Gasteiger partial charge in [0, 0.05) is 12.6 Å². The monoisotopic (exact) mass is 189 g/mol. The Bertz CT molecular complexity index is 443. The van der Waals surface area contributed by atoms with Gasteiger partial charge in [-0.15, -0.1) is 10.2 Å². The van der Waals surface area contributed by atoms with Crippen LogP contribution < -0.4 is 0 Å². The number of fused-ring (bicyclic) bond motifs is 1. The molecule has 2 heterocycles. The standard InChI is InChI=1S/C11H15N3/c1-8(2)7-10-12-13-11-9(3)5-4-6-14(10)11/h4-6,8H,7H2,1-3H3. The molecule has 2 aromatic heterocycles. The molecule has 3 nitrogen and oxygen atoms in total. The highest BCUT2D eigenvalue weighted by atomic mass is 15.2. The van der Waals surface area contributed by atoms with Crippen molar-refractivity contribution in [1.29, 1.82) is 0 Å². The van der Waals surface area contributed by atoms with Crippen LogP contribution in [0.5, 0.6) is 0 Å². The van der Waals surface area contributed by atoms with Gasteiger partial charge in [0.25, 0.3) is 0 Å². The first-order chi connectivity index (χ1) is 6.68. The van der Waals surface area contributed by atoms with Gasteiger partial charge in [-0.25, -0.2) is 0 Å². The molecule has 0 atom stereocenters. The van der Waals surface area contributed by atoms with Crippen molar-refractivity contribution in [2.24, 2.45) is 5.92 Å². The zero-order chi connectivity index (χ0) is 10.1. The lowest BCUT2D eigenvalue weighted by Crippen LogP contribution is -2.00. The fourth-order valence-corrected chi connectivity index (χ4v) is 1.60. The van der Waals surface area contributed by atoms with Crippen LogP contribution in [0.2, 0.25) is 0 Å². The van der Waals surface area contributed by atoms with Crippen LogP contribution in [-0.2, 0) is 6.42 Å². The summed E-state index contributed by atoms with van der Waals surface area (Å²) in [6.45, 7) is 6.44. The molecular formula is C11H15N3. The van der Waals surface area contributed by atoms with Crippen LogP contribution in [-0.4, -0.2) is 14.6 Å². The van der Waals surface area contributed by atoms with Crippen LogP contribution in [0.4, 0.5) is 0 Å². The van der Waals surface area contributed by atoms with Crippen molar-refractivity contribution < 1.29 is 0 Å². The van der Waals surface area contributed by atoms with Gasteiger partial charge < -0.3 is 0 Å². The second-order valence-electron chi connectivity index (χ2n) is 4.10. The van der Waals surface area contributed by atoms with E-state index in [1.807, 2.05) is 12.3 Å². The molecule has 0 spiro atoms. The minimum absolute atomic E-state index is 0.614. The highest BCUT2D eigenvalue weighted by Gasteiger charge is 2.07. The molecule has 0 fully saturated rings. The summed E-state index contributed by atoms with van der Waals surface area (Å²) in [4.78, 5) is 0. The molecule has 0 N–H and O–H groups in total. The van der Waals surface area contributed by atoms with E-state index in [-0.39, 0.29) is 0 Å². The second kappa shape index (κ2) is 3.40. The molecule has 0 bridgehead atoms. The summed E-state index contributed by atoms with van der Waals surface area (Å²) in [6.07, 6.45) is 3.00. The van der Waals surface area contributed by atoms with E-state index in [9.17, 15) is 0 Å². The smallest absolute Gasteiger partial charge is 0.163 e. The summed E-state index contributed by atoms with van der Waals surface area (Å²) < 4.78 is 2.08. The summed E-state index contributed by atoms with van der Waals surface area (Å²) >= 11 is 0. The summed E-state index contributed by atoms with van der Waals surface area (Å²) in [5.41, 5.74) is 2.15. The third kappa shape index (κ3) is 1.50. The maximum Gasteiger partial charge on any atom is 0.163 e. The number of aromatic nitrogens is 3. The number of aryl methyl sites for hydroxylation is 1. The van der Waals surface area contributed by atoms with Crippen molar-refractivity contribution in [3.05, 3.63) is 29.7 Å². The Labute approximate surface area is 83.8 Å². The summed E-state index contributed by atoms with van der Waals surface area (Å²) in [6, 6.07) is 4.10. The number of pyridine rings is 1. The van der Waals surface area contributed by atoms with E-state index in [1.165, 1.54) is 5.56 Å². The highest BCUT2D eigenvalue weighted by molar-refractivity contribution is 5.46. The van der Waals surface area contributed by atoms with Crippen LogP contribution >= 0.6 is 0 Å². The lowest BCUT2D eigenvalue weighted by molar-refractivity contribution is 0.616. The molecule has 14 heavy (non-hydrogen) atoms. The Morgan fingerprint density at radius 3 is 2.86 bits per heavy atom. The normalized spacial score (nSPS) is 11.4. The fourth-order valence-electron chi connectivity index (χ4n) is 1.60. The van der Waals surface area contributed by atoms with Crippen LogP contribution in [0, 0.1) is 12.8 Å². The number of rotatable bonds is 2. The zero-order valence-electron chi connectivity index (χ0n) is 8.86. The summed E-state index contributed by atoms with van der Waals surface area (Å²) in [7, 11) is 0. The second-order valence-corrected chi connectivity index (χ2v) is 4.10. The largest absolute Gasteiger partial charge is 0.286 e. The first-order valence-electron chi connectivity index (χ1n) is 4.97. The Kier molecular flexibility index (Phi) is 2.23. The molecule has 2 rings (SSSR count). The molecule has 0 radical (unpaired) electrons. The molecule has 3 heteroatoms. The van der Waals surface area contributed by atoms with Crippen LogP contribution in [0.1, 0.15) is 25.2 Å². The predicted octanol–water partition coefficient (Wildman–Crippen LogP) is 2.24. The van der Waals surface area contributed by atoms with Gasteiger partial charge in [-0.3, -0.25) is 4.40 Å². The molecule has 0 aliphatic carbocycles. The number of hydrogen-bond donors (Lipinski definition) is 0. The van der Waals surface area contributed by atoms with Gasteiger partial charge in [-0.2, -0.15) is 0 Å². The fraction of sp³-hybridized carbons (Fsp3) is 0.455. The molecule has 0 aliphatic rings. The molecule has 0 amide bonds. The molecule has 0 saturated heterocycles. The van der Waals surface area contributed by atoms with Gasteiger partial charge in [0.1, 0.15) is 5.82 Å². The van der Waals surface area contributed by atoms with Crippen molar-refractivity contribution in [2.75, 3.05) is 0 Å². The average Bonchev–Trinajstić information content (AvgIpc) is 2.49. The van der Waals surface area contributed by atoms with E-state index in [4.69, 9.17) is 0 Å². The van der Waals surface area contributed by atoms with Gasteiger partial charge in [-0.05, 0) is 24.5 Å². The van der Waals surface area contributed by atoms with Crippen molar-refractivity contribution in [1.82, 2.24) is 14.6 Å². The van der Waals surface area contributed by atoms with E-state index >= 15 is 0 Å². The van der Waals surface area contributed by atoms with Crippen molar-refractivity contribution in [2.45, 2.75) is 27.2 Å². The third-order valence-corrected chi connectivity index (χ3v) is 2.29. The summed E-state index contributed by atoms with van der Waals surface area (Å²) in [5, 5.41) is 8.39. The molecule has 0 aromatic carbocycles. The lowest BCUT2D eigenvalue weighted by atomic mass is 10.1. The Morgan fingerprint density at radius 1 is 1.36 bits per heavy atom. The van der Waals surface area contributed by atoms with Gasteiger partial charge in [0.05, 0.1) is 0 Å². The first-order valence-corrected chi connectivity index (χ1v) is 4.97. The van der Waals surface area contributed by atoms with E-state index in [1.54, 1.807) is 0 Å². The van der Waals surface area contributed by atoms with Crippen molar-refractivity contribution in [3.63, 3.8) is 0 Å². The zero-order valence-corrected chi connectivity index (χ0v) is 8.86. The number of nitrogens with zero attached hydrogens (tertiary/aromatic N) is 3. The van der Waals surface area contributed by atoms with E-state index in [2.05, 4.69) is 41.4 Å². The van der Waals surface area contributed by atoms with Gasteiger partial charge in [0.15, 0.2) is 5.65 Å². The molecule has 74 valence electrons. The minimum atomic E-state index is 0.614. The molecule has 0 saturated carbocycles. The molecule has 2 aromatic rings. The van der Waals surface area contributed by atoms with Gasteiger partial charge in [-0.1, -0.05) is 19.9 Å². The quantitative estimate of drug-likeness (QED) is 0.725. The maximum atomic E-state index is 4.21. The number of hydrogen-bond acceptors (Lipinski definition) is 2. The maximum absolute atomic E-state index is 4.21. The minimum Gasteiger partial charge on any atom is -0.286 e. The van der Waals surface area contributed by atoms with Crippen molar-refractivity contribution >= 4 is 5.65 Å². The Balaban J connectivity index is 2.52. The van der Waals surface area contributed by atoms with E-state index in [0.717, 1.165) is 17.9 Å². The van der Waals surface area contributed by atoms with Crippen LogP contribution in [0.3, 0.4) is 0 Å². The summed E-state index contributed by atoms with van der Waals surface area (Å²) in [5.74, 6) is 1.67. The third-order valence-electron chi connectivity index (χ3n) is 2.29. The molecular weight excluding hydrogens is 174 g/mol. The van der Waals surface area contributed by atoms with Crippen LogP contribution in [0.15, 0.2) is 18.3 Å². The van der Waals surface area contributed by atoms with Crippen molar-refractivity contribution in [3.8, 4) is 0 Å². The van der Waals surface area contributed by atoms with Crippen LogP contribution in [0.25, 0.3) is 5.65 Å². The first kappa shape index (κ1) is 9.19. The van der Waals surface area contributed by atoms with E-state index in [0.29, 0.717) is 5.92 Å². The van der Waals surface area contributed by atoms with E-state index < -0.39 is 0 Å². The Hall–Kier alpha value is -1.38. The molecule has 0 aliphatic heterocycles. The molecule has 0 unspecified atom stereocenters. The average molecular weight is 189 g/mol. The predicted molar refractivity (Wildman–Crippen MR) is 56.3 cm³/mol. The van der Waals surface area contributed by atoms with Gasteiger partial charge >= 0.3 is 0 Å². The van der Waals surface area contributed by atoms with Gasteiger partial charge in [0.2, 0.25) is 0 Å².